The third-order valence-electron chi connectivity index (χ3n) is 4.85. The molecule has 1 aliphatic carbocycles. The Kier molecular flexibility index (Phi) is 6.75. The molecule has 1 aromatic heterocycles. The van der Waals surface area contributed by atoms with Gasteiger partial charge in [0.1, 0.15) is 0 Å². The normalized spacial score (nSPS) is 17.9. The van der Waals surface area contributed by atoms with Crippen LogP contribution in [0.1, 0.15) is 59.3 Å². The SMILES string of the molecule is CC(C)(C)CC(NC(=O)C1CCCCC1)C(O)C(=O)Nn1c(O)ccc1O. The topological polar surface area (TPSA) is 124 Å². The summed E-state index contributed by atoms with van der Waals surface area (Å²) < 4.78 is 0.767. The molecule has 1 aliphatic rings. The van der Waals surface area contributed by atoms with Crippen molar-refractivity contribution in [2.75, 3.05) is 5.43 Å². The fourth-order valence-corrected chi connectivity index (χ4v) is 3.46. The minimum atomic E-state index is -1.53. The van der Waals surface area contributed by atoms with Gasteiger partial charge in [0.25, 0.3) is 5.91 Å². The number of aromatic nitrogens is 1. The minimum absolute atomic E-state index is 0.0889. The third-order valence-corrected chi connectivity index (χ3v) is 4.85. The summed E-state index contributed by atoms with van der Waals surface area (Å²) in [6.45, 7) is 5.88. The summed E-state index contributed by atoms with van der Waals surface area (Å²) in [5, 5.41) is 32.7. The second-order valence-electron chi connectivity index (χ2n) is 8.52. The Labute approximate surface area is 159 Å². The molecule has 2 amide bonds. The summed E-state index contributed by atoms with van der Waals surface area (Å²) in [6.07, 6.45) is 3.66. The molecule has 0 aliphatic heterocycles. The van der Waals surface area contributed by atoms with Crippen LogP contribution in [0.25, 0.3) is 0 Å². The number of nitrogens with zero attached hydrogens (tertiary/aromatic N) is 1. The van der Waals surface area contributed by atoms with E-state index in [1.54, 1.807) is 0 Å². The Morgan fingerprint density at radius 1 is 1.15 bits per heavy atom. The highest BCUT2D eigenvalue weighted by Gasteiger charge is 2.33. The molecule has 0 bridgehead atoms. The van der Waals surface area contributed by atoms with Gasteiger partial charge in [0.05, 0.1) is 6.04 Å². The van der Waals surface area contributed by atoms with Crippen molar-refractivity contribution in [3.05, 3.63) is 12.1 Å². The van der Waals surface area contributed by atoms with E-state index in [9.17, 15) is 24.9 Å². The van der Waals surface area contributed by atoms with E-state index in [0.29, 0.717) is 6.42 Å². The first kappa shape index (κ1) is 21.1. The largest absolute Gasteiger partial charge is 0.493 e. The molecule has 27 heavy (non-hydrogen) atoms. The molecule has 2 rings (SSSR count). The minimum Gasteiger partial charge on any atom is -0.493 e. The van der Waals surface area contributed by atoms with Gasteiger partial charge < -0.3 is 20.6 Å². The molecule has 0 spiro atoms. The van der Waals surface area contributed by atoms with Crippen molar-refractivity contribution in [2.24, 2.45) is 11.3 Å². The summed E-state index contributed by atoms with van der Waals surface area (Å²) in [6, 6.07) is 1.64. The maximum atomic E-state index is 12.6. The van der Waals surface area contributed by atoms with E-state index < -0.39 is 18.1 Å². The average Bonchev–Trinajstić information content (AvgIpc) is 2.92. The summed E-state index contributed by atoms with van der Waals surface area (Å²) in [4.78, 5) is 25.1. The molecular formula is C19H31N3O5. The Morgan fingerprint density at radius 3 is 2.22 bits per heavy atom. The Bertz CT molecular complexity index is 639. The van der Waals surface area contributed by atoms with Gasteiger partial charge in [-0.2, -0.15) is 4.68 Å². The highest BCUT2D eigenvalue weighted by atomic mass is 16.3. The summed E-state index contributed by atoms with van der Waals surface area (Å²) in [7, 11) is 0. The highest BCUT2D eigenvalue weighted by Crippen LogP contribution is 2.26. The molecule has 1 aromatic rings. The number of aromatic hydroxyl groups is 2. The van der Waals surface area contributed by atoms with Crippen molar-refractivity contribution >= 4 is 11.8 Å². The van der Waals surface area contributed by atoms with Gasteiger partial charge in [-0.15, -0.1) is 0 Å². The van der Waals surface area contributed by atoms with Crippen molar-refractivity contribution in [1.29, 1.82) is 0 Å². The quantitative estimate of drug-likeness (QED) is 0.514. The molecule has 1 fully saturated rings. The number of amides is 2. The summed E-state index contributed by atoms with van der Waals surface area (Å²) in [5.41, 5.74) is 2.02. The van der Waals surface area contributed by atoms with Crippen molar-refractivity contribution in [1.82, 2.24) is 9.99 Å². The van der Waals surface area contributed by atoms with Crippen LogP contribution < -0.4 is 10.7 Å². The van der Waals surface area contributed by atoms with Gasteiger partial charge in [0.15, 0.2) is 6.10 Å². The monoisotopic (exact) mass is 381 g/mol. The molecule has 8 nitrogen and oxygen atoms in total. The van der Waals surface area contributed by atoms with Gasteiger partial charge >= 0.3 is 0 Å². The summed E-state index contributed by atoms with van der Waals surface area (Å²) >= 11 is 0. The van der Waals surface area contributed by atoms with Crippen LogP contribution >= 0.6 is 0 Å². The fourth-order valence-electron chi connectivity index (χ4n) is 3.46. The van der Waals surface area contributed by atoms with Crippen LogP contribution in [-0.2, 0) is 9.59 Å². The van der Waals surface area contributed by atoms with Gasteiger partial charge in [-0.1, -0.05) is 40.0 Å². The number of hydrogen-bond acceptors (Lipinski definition) is 5. The second kappa shape index (κ2) is 8.65. The van der Waals surface area contributed by atoms with Crippen LogP contribution in [0.15, 0.2) is 12.1 Å². The number of aliphatic hydroxyl groups excluding tert-OH is 1. The first-order chi connectivity index (χ1) is 12.6. The predicted octanol–water partition coefficient (Wildman–Crippen LogP) is 1.83. The maximum absolute atomic E-state index is 12.6. The molecule has 8 heteroatoms. The Balaban J connectivity index is 2.09. The van der Waals surface area contributed by atoms with Crippen molar-refractivity contribution in [2.45, 2.75) is 71.4 Å². The van der Waals surface area contributed by atoms with Crippen molar-refractivity contribution < 1.29 is 24.9 Å². The van der Waals surface area contributed by atoms with Crippen LogP contribution in [0.2, 0.25) is 0 Å². The molecule has 2 atom stereocenters. The first-order valence-electron chi connectivity index (χ1n) is 9.47. The zero-order valence-corrected chi connectivity index (χ0v) is 16.2. The van der Waals surface area contributed by atoms with Gasteiger partial charge in [-0.25, -0.2) is 0 Å². The highest BCUT2D eigenvalue weighted by molar-refractivity contribution is 5.89. The number of rotatable bonds is 6. The number of carbonyl (C=O) groups excluding carboxylic acids is 2. The van der Waals surface area contributed by atoms with Gasteiger partial charge in [0.2, 0.25) is 17.7 Å². The predicted molar refractivity (Wildman–Crippen MR) is 101 cm³/mol. The lowest BCUT2D eigenvalue weighted by molar-refractivity contribution is -0.131. The molecule has 2 unspecified atom stereocenters. The molecular weight excluding hydrogens is 350 g/mol. The van der Waals surface area contributed by atoms with Crippen LogP contribution in [0.4, 0.5) is 0 Å². The van der Waals surface area contributed by atoms with E-state index in [2.05, 4.69) is 10.7 Å². The van der Waals surface area contributed by atoms with Crippen molar-refractivity contribution in [3.8, 4) is 11.8 Å². The molecule has 5 N–H and O–H groups in total. The van der Waals surface area contributed by atoms with Crippen LogP contribution in [0, 0.1) is 11.3 Å². The standard InChI is InChI=1S/C19H31N3O5/c1-19(2,3)11-13(20-17(26)12-7-5-4-6-8-12)16(25)18(27)21-22-14(23)9-10-15(22)24/h9-10,12-13,16,23-25H,4-8,11H2,1-3H3,(H,20,26)(H,21,27). The van der Waals surface area contributed by atoms with E-state index in [0.717, 1.165) is 36.8 Å². The number of carbonyl (C=O) groups is 2. The summed E-state index contributed by atoms with van der Waals surface area (Å²) in [5.74, 6) is -1.79. The van der Waals surface area contributed by atoms with Crippen LogP contribution in [0.5, 0.6) is 11.8 Å². The lowest BCUT2D eigenvalue weighted by Gasteiger charge is -2.31. The zero-order valence-electron chi connectivity index (χ0n) is 16.2. The van der Waals surface area contributed by atoms with E-state index >= 15 is 0 Å². The van der Waals surface area contributed by atoms with E-state index in [1.165, 1.54) is 12.1 Å². The van der Waals surface area contributed by atoms with Crippen LogP contribution in [0.3, 0.4) is 0 Å². The van der Waals surface area contributed by atoms with Crippen LogP contribution in [-0.4, -0.2) is 44.0 Å². The van der Waals surface area contributed by atoms with Gasteiger partial charge in [-0.05, 0) is 24.7 Å². The number of aliphatic hydroxyl groups is 1. The molecule has 1 heterocycles. The van der Waals surface area contributed by atoms with Gasteiger partial charge in [0, 0.05) is 18.1 Å². The second-order valence-corrected chi connectivity index (χ2v) is 8.52. The maximum Gasteiger partial charge on any atom is 0.269 e. The van der Waals surface area contributed by atoms with Gasteiger partial charge in [-0.3, -0.25) is 15.0 Å². The number of hydrogen-bond donors (Lipinski definition) is 5. The molecule has 1 saturated carbocycles. The third kappa shape index (κ3) is 5.89. The molecule has 0 aromatic carbocycles. The lowest BCUT2D eigenvalue weighted by Crippen LogP contribution is -2.52. The average molecular weight is 381 g/mol. The van der Waals surface area contributed by atoms with E-state index in [1.807, 2.05) is 20.8 Å². The number of nitrogens with one attached hydrogen (secondary N) is 2. The lowest BCUT2D eigenvalue weighted by atomic mass is 9.84. The zero-order chi connectivity index (χ0) is 20.2. The smallest absolute Gasteiger partial charge is 0.269 e. The molecule has 152 valence electrons. The molecule has 0 saturated heterocycles. The van der Waals surface area contributed by atoms with E-state index in [4.69, 9.17) is 0 Å². The van der Waals surface area contributed by atoms with Crippen molar-refractivity contribution in [3.63, 3.8) is 0 Å². The fraction of sp³-hybridized carbons (Fsp3) is 0.684. The Hall–Kier alpha value is -2.22. The first-order valence-corrected chi connectivity index (χ1v) is 9.47. The molecule has 0 radical (unpaired) electrons. The Morgan fingerprint density at radius 2 is 1.70 bits per heavy atom. The van der Waals surface area contributed by atoms with E-state index in [-0.39, 0.29) is 29.0 Å².